The normalized spacial score (nSPS) is 10.6. The fourth-order valence-electron chi connectivity index (χ4n) is 3.77. The first kappa shape index (κ1) is 21.5. The highest BCUT2D eigenvalue weighted by Crippen LogP contribution is 2.31. The number of anilines is 5. The van der Waals surface area contributed by atoms with Gasteiger partial charge in [-0.1, -0.05) is 32.0 Å². The number of benzene rings is 2. The third kappa shape index (κ3) is 4.20. The summed E-state index contributed by atoms with van der Waals surface area (Å²) >= 11 is 0. The van der Waals surface area contributed by atoms with Gasteiger partial charge in [-0.3, -0.25) is 0 Å². The molecule has 3 rings (SSSR count). The highest BCUT2D eigenvalue weighted by molar-refractivity contribution is 5.75. The maximum absolute atomic E-state index is 3.36. The molecule has 2 N–H and O–H groups in total. The lowest BCUT2D eigenvalue weighted by Gasteiger charge is -2.25. The summed E-state index contributed by atoms with van der Waals surface area (Å²) in [6.07, 6.45) is 4.14. The van der Waals surface area contributed by atoms with Crippen molar-refractivity contribution in [3.63, 3.8) is 0 Å². The van der Waals surface area contributed by atoms with Crippen molar-refractivity contribution < 1.29 is 4.68 Å². The van der Waals surface area contributed by atoms with Gasteiger partial charge in [-0.2, -0.15) is 0 Å². The van der Waals surface area contributed by atoms with Crippen LogP contribution in [0.1, 0.15) is 25.0 Å². The van der Waals surface area contributed by atoms with Crippen molar-refractivity contribution in [3.05, 3.63) is 71.9 Å². The van der Waals surface area contributed by atoms with E-state index in [9.17, 15) is 0 Å². The van der Waals surface area contributed by atoms with Crippen molar-refractivity contribution in [1.82, 2.24) is 0 Å². The molecule has 0 bridgehead atoms. The number of hydrogen-bond acceptors (Lipinski definition) is 4. The molecule has 1 heterocycles. The first-order chi connectivity index (χ1) is 14.5. The summed E-state index contributed by atoms with van der Waals surface area (Å²) in [6, 6.07) is 19.5. The van der Waals surface area contributed by atoms with Gasteiger partial charge < -0.3 is 10.6 Å². The molecule has 0 aliphatic rings. The van der Waals surface area contributed by atoms with Gasteiger partial charge in [-0.25, -0.2) is 9.91 Å². The van der Waals surface area contributed by atoms with Crippen molar-refractivity contribution >= 4 is 28.6 Å². The Kier molecular flexibility index (Phi) is 6.83. The van der Waals surface area contributed by atoms with Crippen LogP contribution in [0.3, 0.4) is 0 Å². The largest absolute Gasteiger partial charge is 0.386 e. The number of rotatable bonds is 8. The summed E-state index contributed by atoms with van der Waals surface area (Å²) in [6.45, 7) is 4.36. The topological polar surface area (TPSA) is 34.4 Å². The zero-order valence-electron chi connectivity index (χ0n) is 19.0. The molecule has 1 aromatic heterocycles. The smallest absolute Gasteiger partial charge is 0.305 e. The zero-order valence-corrected chi connectivity index (χ0v) is 19.0. The number of aryl methyl sites for hydroxylation is 2. The third-order valence-corrected chi connectivity index (χ3v) is 5.67. The lowest BCUT2D eigenvalue weighted by molar-refractivity contribution is -0.668. The van der Waals surface area contributed by atoms with Gasteiger partial charge in [0.25, 0.3) is 0 Å². The van der Waals surface area contributed by atoms with Crippen LogP contribution in [0, 0.1) is 0 Å². The molecule has 5 heteroatoms. The second-order valence-corrected chi connectivity index (χ2v) is 7.40. The number of aromatic nitrogens is 1. The van der Waals surface area contributed by atoms with Crippen LogP contribution >= 0.6 is 0 Å². The maximum Gasteiger partial charge on any atom is 0.305 e. The van der Waals surface area contributed by atoms with E-state index < -0.39 is 0 Å². The van der Waals surface area contributed by atoms with Gasteiger partial charge in [-0.15, -0.1) is 4.68 Å². The molecule has 2 aromatic carbocycles. The Morgan fingerprint density at radius 3 is 1.90 bits per heavy atom. The summed E-state index contributed by atoms with van der Waals surface area (Å²) in [7, 11) is 8.16. The second kappa shape index (κ2) is 9.53. The minimum atomic E-state index is 1.02. The van der Waals surface area contributed by atoms with E-state index >= 15 is 0 Å². The SMILES string of the molecule is CCc1ccc(N(C)c2cccc[n+]2N(C)c2ccc(CC)cc2NC)c(NC)c1. The van der Waals surface area contributed by atoms with Crippen LogP contribution in [0.25, 0.3) is 0 Å². The number of pyridine rings is 1. The molecule has 0 spiro atoms. The van der Waals surface area contributed by atoms with Gasteiger partial charge in [0.1, 0.15) is 17.6 Å². The summed E-state index contributed by atoms with van der Waals surface area (Å²) in [4.78, 5) is 2.22. The van der Waals surface area contributed by atoms with Gasteiger partial charge in [0.15, 0.2) is 0 Å². The van der Waals surface area contributed by atoms with Crippen LogP contribution < -0.4 is 25.2 Å². The van der Waals surface area contributed by atoms with Gasteiger partial charge >= 0.3 is 5.82 Å². The average Bonchev–Trinajstić information content (AvgIpc) is 2.82. The van der Waals surface area contributed by atoms with Crippen LogP contribution in [-0.4, -0.2) is 28.2 Å². The number of nitrogens with zero attached hydrogens (tertiary/aromatic N) is 3. The highest BCUT2D eigenvalue weighted by Gasteiger charge is 2.23. The van der Waals surface area contributed by atoms with E-state index in [0.29, 0.717) is 0 Å². The molecule has 0 saturated heterocycles. The fourth-order valence-corrected chi connectivity index (χ4v) is 3.77. The van der Waals surface area contributed by atoms with Crippen molar-refractivity contribution in [1.29, 1.82) is 0 Å². The quantitative estimate of drug-likeness (QED) is 0.526. The van der Waals surface area contributed by atoms with Crippen LogP contribution in [-0.2, 0) is 12.8 Å². The Balaban J connectivity index is 2.05. The fraction of sp³-hybridized carbons (Fsp3) is 0.320. The van der Waals surface area contributed by atoms with Crippen molar-refractivity contribution in [3.8, 4) is 0 Å². The monoisotopic (exact) mass is 404 g/mol. The summed E-state index contributed by atoms with van der Waals surface area (Å²) in [5, 5.41) is 8.89. The molecule has 0 radical (unpaired) electrons. The van der Waals surface area contributed by atoms with Gasteiger partial charge in [0.05, 0.1) is 18.4 Å². The predicted molar refractivity (Wildman–Crippen MR) is 129 cm³/mol. The Morgan fingerprint density at radius 1 is 0.767 bits per heavy atom. The number of hydrogen-bond donors (Lipinski definition) is 2. The zero-order chi connectivity index (χ0) is 21.7. The Morgan fingerprint density at radius 2 is 1.33 bits per heavy atom. The van der Waals surface area contributed by atoms with E-state index in [2.05, 4.69) is 114 Å². The molecule has 0 fully saturated rings. The highest BCUT2D eigenvalue weighted by atomic mass is 15.6. The standard InChI is InChI=1S/C25H34N5/c1-7-19-12-14-23(21(17-19)26-3)28(5)25-11-9-10-16-30(25)29(6)24-15-13-20(8-2)18-22(24)27-4/h9-18,26-27H,7-8H2,1-6H3/q+1. The van der Waals surface area contributed by atoms with E-state index in [1.807, 2.05) is 14.1 Å². The van der Waals surface area contributed by atoms with Gasteiger partial charge in [-0.05, 0) is 54.3 Å². The first-order valence-electron chi connectivity index (χ1n) is 10.6. The molecule has 0 atom stereocenters. The lowest BCUT2D eigenvalue weighted by Crippen LogP contribution is -2.54. The Hall–Kier alpha value is -3.21. The molecule has 5 nitrogen and oxygen atoms in total. The molecule has 0 aliphatic carbocycles. The molecule has 0 aliphatic heterocycles. The summed E-state index contributed by atoms with van der Waals surface area (Å²) in [5.74, 6) is 1.07. The molecule has 0 unspecified atom stereocenters. The lowest BCUT2D eigenvalue weighted by atomic mass is 10.1. The van der Waals surface area contributed by atoms with Crippen molar-refractivity contribution in [2.45, 2.75) is 26.7 Å². The predicted octanol–water partition coefficient (Wildman–Crippen LogP) is 4.85. The van der Waals surface area contributed by atoms with Crippen molar-refractivity contribution in [2.24, 2.45) is 0 Å². The molecule has 0 saturated carbocycles. The van der Waals surface area contributed by atoms with E-state index in [1.165, 1.54) is 11.1 Å². The minimum Gasteiger partial charge on any atom is -0.386 e. The van der Waals surface area contributed by atoms with Gasteiger partial charge in [0.2, 0.25) is 0 Å². The van der Waals surface area contributed by atoms with E-state index in [4.69, 9.17) is 0 Å². The number of nitrogens with one attached hydrogen (secondary N) is 2. The summed E-state index contributed by atoms with van der Waals surface area (Å²) in [5.41, 5.74) is 7.14. The van der Waals surface area contributed by atoms with Crippen LogP contribution in [0.5, 0.6) is 0 Å². The van der Waals surface area contributed by atoms with Crippen LogP contribution in [0.15, 0.2) is 60.8 Å². The molecular formula is C25H34N5+. The second-order valence-electron chi connectivity index (χ2n) is 7.40. The molecule has 0 amide bonds. The molecule has 3 aromatic rings. The minimum absolute atomic E-state index is 1.02. The average molecular weight is 405 g/mol. The van der Waals surface area contributed by atoms with E-state index in [1.54, 1.807) is 0 Å². The Bertz CT molecular complexity index is 918. The summed E-state index contributed by atoms with van der Waals surface area (Å²) < 4.78 is 2.18. The Labute approximate surface area is 180 Å². The van der Waals surface area contributed by atoms with Gasteiger partial charge in [0, 0.05) is 27.2 Å². The molecule has 30 heavy (non-hydrogen) atoms. The molecular weight excluding hydrogens is 370 g/mol. The van der Waals surface area contributed by atoms with E-state index in [0.717, 1.165) is 41.4 Å². The van der Waals surface area contributed by atoms with Crippen LogP contribution in [0.2, 0.25) is 0 Å². The third-order valence-electron chi connectivity index (χ3n) is 5.67. The van der Waals surface area contributed by atoms with Crippen LogP contribution in [0.4, 0.5) is 28.6 Å². The van der Waals surface area contributed by atoms with Crippen molar-refractivity contribution in [2.75, 3.05) is 48.7 Å². The first-order valence-corrected chi connectivity index (χ1v) is 10.6. The maximum atomic E-state index is 3.36. The van der Waals surface area contributed by atoms with E-state index in [-0.39, 0.29) is 0 Å². The molecule has 158 valence electrons.